The van der Waals surface area contributed by atoms with Crippen LogP contribution in [0, 0.1) is 5.92 Å². The average molecular weight is 172 g/mol. The van der Waals surface area contributed by atoms with Gasteiger partial charge >= 0.3 is 0 Å². The van der Waals surface area contributed by atoms with Crippen LogP contribution >= 0.6 is 0 Å². The topological polar surface area (TPSA) is 52.6 Å². The van der Waals surface area contributed by atoms with Crippen molar-refractivity contribution in [3.63, 3.8) is 0 Å². The molecular formula is C8H16N2O2. The minimum absolute atomic E-state index is 0.0528. The monoisotopic (exact) mass is 172 g/mol. The number of hydrogen-bond donors (Lipinski definition) is 2. The van der Waals surface area contributed by atoms with Crippen molar-refractivity contribution in [1.82, 2.24) is 10.2 Å². The van der Waals surface area contributed by atoms with Gasteiger partial charge in [-0.1, -0.05) is 6.92 Å². The van der Waals surface area contributed by atoms with Crippen LogP contribution < -0.4 is 5.32 Å². The molecule has 0 spiro atoms. The largest absolute Gasteiger partial charge is 0.396 e. The van der Waals surface area contributed by atoms with Crippen molar-refractivity contribution in [2.75, 3.05) is 32.8 Å². The Bertz CT molecular complexity index is 155. The molecule has 1 saturated heterocycles. The highest BCUT2D eigenvalue weighted by Gasteiger charge is 2.20. The number of piperazine rings is 1. The molecule has 0 aromatic carbocycles. The Morgan fingerprint density at radius 2 is 2.17 bits per heavy atom. The van der Waals surface area contributed by atoms with E-state index in [0.717, 1.165) is 26.2 Å². The fourth-order valence-corrected chi connectivity index (χ4v) is 1.27. The lowest BCUT2D eigenvalue weighted by molar-refractivity contribution is -0.136. The van der Waals surface area contributed by atoms with Gasteiger partial charge in [0.15, 0.2) is 0 Å². The molecule has 1 amide bonds. The van der Waals surface area contributed by atoms with Gasteiger partial charge in [0.2, 0.25) is 5.91 Å². The van der Waals surface area contributed by atoms with Gasteiger partial charge in [-0.3, -0.25) is 4.79 Å². The molecule has 1 atom stereocenters. The number of aliphatic hydroxyl groups excluding tert-OH is 1. The molecule has 4 nitrogen and oxygen atoms in total. The Balaban J connectivity index is 2.39. The third-order valence-electron chi connectivity index (χ3n) is 2.12. The summed E-state index contributed by atoms with van der Waals surface area (Å²) in [6, 6.07) is 0. The normalized spacial score (nSPS) is 20.7. The number of nitrogens with zero attached hydrogens (tertiary/aromatic N) is 1. The predicted molar refractivity (Wildman–Crippen MR) is 45.7 cm³/mol. The van der Waals surface area contributed by atoms with Gasteiger partial charge in [0.05, 0.1) is 12.5 Å². The van der Waals surface area contributed by atoms with Crippen LogP contribution in [0.1, 0.15) is 6.92 Å². The van der Waals surface area contributed by atoms with E-state index >= 15 is 0 Å². The smallest absolute Gasteiger partial charge is 0.227 e. The van der Waals surface area contributed by atoms with Crippen LogP contribution in [0.4, 0.5) is 0 Å². The van der Waals surface area contributed by atoms with E-state index in [1.54, 1.807) is 11.8 Å². The summed E-state index contributed by atoms with van der Waals surface area (Å²) in [5.41, 5.74) is 0. The second-order valence-corrected chi connectivity index (χ2v) is 3.16. The molecule has 2 N–H and O–H groups in total. The predicted octanol–water partition coefficient (Wildman–Crippen LogP) is -0.953. The first-order valence-corrected chi connectivity index (χ1v) is 4.36. The van der Waals surface area contributed by atoms with Gasteiger partial charge in [0.1, 0.15) is 0 Å². The lowest BCUT2D eigenvalue weighted by Gasteiger charge is -2.29. The molecule has 70 valence electrons. The Kier molecular flexibility index (Phi) is 3.49. The van der Waals surface area contributed by atoms with Gasteiger partial charge in [-0.05, 0) is 0 Å². The number of nitrogens with one attached hydrogen (secondary N) is 1. The van der Waals surface area contributed by atoms with Gasteiger partial charge in [-0.15, -0.1) is 0 Å². The molecule has 4 heteroatoms. The molecule has 0 aliphatic carbocycles. The fraction of sp³-hybridized carbons (Fsp3) is 0.875. The molecule has 0 aromatic heterocycles. The van der Waals surface area contributed by atoms with Gasteiger partial charge in [-0.25, -0.2) is 0 Å². The molecule has 0 saturated carbocycles. The van der Waals surface area contributed by atoms with Crippen LogP contribution in [-0.2, 0) is 4.79 Å². The maximum Gasteiger partial charge on any atom is 0.227 e. The van der Waals surface area contributed by atoms with Crippen LogP contribution in [0.2, 0.25) is 0 Å². The number of carbonyl (C=O) groups is 1. The zero-order valence-electron chi connectivity index (χ0n) is 7.42. The number of hydrogen-bond acceptors (Lipinski definition) is 3. The van der Waals surface area contributed by atoms with Crippen molar-refractivity contribution in [1.29, 1.82) is 0 Å². The van der Waals surface area contributed by atoms with E-state index in [0.29, 0.717) is 0 Å². The van der Waals surface area contributed by atoms with Crippen LogP contribution in [-0.4, -0.2) is 48.7 Å². The summed E-state index contributed by atoms with van der Waals surface area (Å²) in [5.74, 6) is -0.179. The van der Waals surface area contributed by atoms with E-state index in [4.69, 9.17) is 5.11 Å². The second kappa shape index (κ2) is 4.42. The number of rotatable bonds is 2. The number of aliphatic hydroxyl groups is 1. The lowest BCUT2D eigenvalue weighted by atomic mass is 10.1. The maximum atomic E-state index is 11.5. The van der Waals surface area contributed by atoms with Gasteiger partial charge in [0, 0.05) is 26.2 Å². The first-order valence-electron chi connectivity index (χ1n) is 4.36. The first-order chi connectivity index (χ1) is 5.75. The molecule has 1 aliphatic rings. The summed E-state index contributed by atoms with van der Waals surface area (Å²) < 4.78 is 0. The third-order valence-corrected chi connectivity index (χ3v) is 2.12. The van der Waals surface area contributed by atoms with E-state index in [1.165, 1.54) is 0 Å². The summed E-state index contributed by atoms with van der Waals surface area (Å²) in [4.78, 5) is 13.3. The quantitative estimate of drug-likeness (QED) is 0.564. The van der Waals surface area contributed by atoms with Crippen molar-refractivity contribution in [2.45, 2.75) is 6.92 Å². The molecule has 12 heavy (non-hydrogen) atoms. The second-order valence-electron chi connectivity index (χ2n) is 3.16. The minimum atomic E-state index is -0.247. The summed E-state index contributed by atoms with van der Waals surface area (Å²) in [7, 11) is 0. The Labute approximate surface area is 72.6 Å². The Morgan fingerprint density at radius 3 is 2.67 bits per heavy atom. The summed E-state index contributed by atoms with van der Waals surface area (Å²) >= 11 is 0. The standard InChI is InChI=1S/C8H16N2O2/c1-7(6-11)8(12)10-4-2-9-3-5-10/h7,9,11H,2-6H2,1H3/t7-/m0/s1. The SMILES string of the molecule is C[C@@H](CO)C(=O)N1CCNCC1. The highest BCUT2D eigenvalue weighted by atomic mass is 16.3. The van der Waals surface area contributed by atoms with E-state index in [2.05, 4.69) is 5.32 Å². The number of amides is 1. The fourth-order valence-electron chi connectivity index (χ4n) is 1.27. The average Bonchev–Trinajstić information content (AvgIpc) is 2.17. The van der Waals surface area contributed by atoms with E-state index in [-0.39, 0.29) is 18.4 Å². The summed E-state index contributed by atoms with van der Waals surface area (Å²) in [5, 5.41) is 11.9. The molecule has 1 rings (SSSR count). The Hall–Kier alpha value is -0.610. The van der Waals surface area contributed by atoms with Crippen molar-refractivity contribution in [3.8, 4) is 0 Å². The third kappa shape index (κ3) is 2.19. The van der Waals surface area contributed by atoms with Gasteiger partial charge < -0.3 is 15.3 Å². The zero-order chi connectivity index (χ0) is 8.97. The lowest BCUT2D eigenvalue weighted by Crippen LogP contribution is -2.48. The maximum absolute atomic E-state index is 11.5. The molecule has 0 bridgehead atoms. The molecular weight excluding hydrogens is 156 g/mol. The van der Waals surface area contributed by atoms with Gasteiger partial charge in [0.25, 0.3) is 0 Å². The highest BCUT2D eigenvalue weighted by Crippen LogP contribution is 2.02. The van der Waals surface area contributed by atoms with E-state index in [9.17, 15) is 4.79 Å². The van der Waals surface area contributed by atoms with Crippen molar-refractivity contribution in [2.24, 2.45) is 5.92 Å². The van der Waals surface area contributed by atoms with Crippen molar-refractivity contribution >= 4 is 5.91 Å². The molecule has 1 heterocycles. The molecule has 1 fully saturated rings. The van der Waals surface area contributed by atoms with Crippen LogP contribution in [0.3, 0.4) is 0 Å². The molecule has 1 aliphatic heterocycles. The Morgan fingerprint density at radius 1 is 1.58 bits per heavy atom. The molecule has 0 unspecified atom stereocenters. The van der Waals surface area contributed by atoms with Crippen LogP contribution in [0.25, 0.3) is 0 Å². The van der Waals surface area contributed by atoms with Gasteiger partial charge in [-0.2, -0.15) is 0 Å². The zero-order valence-corrected chi connectivity index (χ0v) is 7.42. The minimum Gasteiger partial charge on any atom is -0.396 e. The molecule has 0 radical (unpaired) electrons. The number of carbonyl (C=O) groups excluding carboxylic acids is 1. The van der Waals surface area contributed by atoms with Crippen LogP contribution in [0.15, 0.2) is 0 Å². The summed E-state index contributed by atoms with van der Waals surface area (Å²) in [6.07, 6.45) is 0. The van der Waals surface area contributed by atoms with E-state index in [1.807, 2.05) is 0 Å². The van der Waals surface area contributed by atoms with Crippen molar-refractivity contribution < 1.29 is 9.90 Å². The van der Waals surface area contributed by atoms with Crippen LogP contribution in [0.5, 0.6) is 0 Å². The van der Waals surface area contributed by atoms with Crippen molar-refractivity contribution in [3.05, 3.63) is 0 Å². The summed E-state index contributed by atoms with van der Waals surface area (Å²) in [6.45, 7) is 4.97. The molecule has 0 aromatic rings. The van der Waals surface area contributed by atoms with E-state index < -0.39 is 0 Å². The highest BCUT2D eigenvalue weighted by molar-refractivity contribution is 5.78. The first kappa shape index (κ1) is 9.48.